The minimum absolute atomic E-state index is 0.00838. The zero-order valence-corrected chi connectivity index (χ0v) is 25.5. The van der Waals surface area contributed by atoms with Crippen LogP contribution < -0.4 is 14.3 Å². The quantitative estimate of drug-likeness (QED) is 0.207. The molecule has 1 aromatic heterocycles. The van der Waals surface area contributed by atoms with E-state index >= 15 is 0 Å². The molecule has 1 amide bonds. The Balaban J connectivity index is 1.43. The number of sulfonamides is 2. The maximum atomic E-state index is 14.0. The highest BCUT2D eigenvalue weighted by atomic mass is 32.2. The molecule has 5 rings (SSSR count). The predicted octanol–water partition coefficient (Wildman–Crippen LogP) is 5.54. The van der Waals surface area contributed by atoms with Crippen molar-refractivity contribution in [1.82, 2.24) is 9.97 Å². The second-order valence-electron chi connectivity index (χ2n) is 9.93. The first-order valence-corrected chi connectivity index (χ1v) is 16.4. The summed E-state index contributed by atoms with van der Waals surface area (Å²) in [6, 6.07) is 29.3. The van der Waals surface area contributed by atoms with E-state index in [4.69, 9.17) is 0 Å². The Morgan fingerprint density at radius 1 is 0.750 bits per heavy atom. The number of benzene rings is 4. The lowest BCUT2D eigenvalue weighted by atomic mass is 10.1. The van der Waals surface area contributed by atoms with Gasteiger partial charge in [-0.1, -0.05) is 60.2 Å². The van der Waals surface area contributed by atoms with Gasteiger partial charge in [0.1, 0.15) is 0 Å². The Bertz CT molecular complexity index is 2000. The smallest absolute Gasteiger partial charge is 0.264 e. The fourth-order valence-corrected chi connectivity index (χ4v) is 6.79. The Hall–Kier alpha value is -5.07. The van der Waals surface area contributed by atoms with E-state index in [1.54, 1.807) is 55.5 Å². The van der Waals surface area contributed by atoms with Gasteiger partial charge in [-0.25, -0.2) is 31.5 Å². The minimum atomic E-state index is -4.08. The molecule has 2 N–H and O–H groups in total. The van der Waals surface area contributed by atoms with Gasteiger partial charge >= 0.3 is 0 Å². The van der Waals surface area contributed by atoms with Crippen molar-refractivity contribution in [2.24, 2.45) is 0 Å². The second kappa shape index (κ2) is 12.7. The highest BCUT2D eigenvalue weighted by Crippen LogP contribution is 2.30. The Morgan fingerprint density at radius 2 is 1.39 bits per heavy atom. The SMILES string of the molecule is Cc1ccc(S(=O)(=O)N(Cc2ccccc2)c2ccccc2C(=O)Nc2ccc(S(=O)(=O)Nc3nccc(C)n3)cc2)cc1. The molecule has 0 spiro atoms. The molecule has 0 fully saturated rings. The topological polar surface area (TPSA) is 138 Å². The minimum Gasteiger partial charge on any atom is -0.322 e. The molecule has 10 nitrogen and oxygen atoms in total. The summed E-state index contributed by atoms with van der Waals surface area (Å²) < 4.78 is 57.2. The molecule has 0 aliphatic rings. The number of para-hydroxylation sites is 1. The zero-order chi connectivity index (χ0) is 31.3. The van der Waals surface area contributed by atoms with Gasteiger partial charge in [0.05, 0.1) is 27.6 Å². The van der Waals surface area contributed by atoms with Crippen LogP contribution in [-0.4, -0.2) is 32.7 Å². The fraction of sp³-hybridized carbons (Fsp3) is 0.0938. The molecule has 224 valence electrons. The molecule has 0 bridgehead atoms. The van der Waals surface area contributed by atoms with E-state index in [0.29, 0.717) is 11.4 Å². The van der Waals surface area contributed by atoms with Crippen LogP contribution in [0.5, 0.6) is 0 Å². The number of aromatic nitrogens is 2. The van der Waals surface area contributed by atoms with Gasteiger partial charge in [-0.3, -0.25) is 9.10 Å². The number of hydrogen-bond donors (Lipinski definition) is 2. The van der Waals surface area contributed by atoms with Crippen molar-refractivity contribution in [1.29, 1.82) is 0 Å². The van der Waals surface area contributed by atoms with Crippen LogP contribution in [0.2, 0.25) is 0 Å². The van der Waals surface area contributed by atoms with E-state index in [9.17, 15) is 21.6 Å². The third-order valence-corrected chi connectivity index (χ3v) is 9.76. The largest absolute Gasteiger partial charge is 0.322 e. The van der Waals surface area contributed by atoms with E-state index in [2.05, 4.69) is 20.0 Å². The van der Waals surface area contributed by atoms with Crippen molar-refractivity contribution in [3.63, 3.8) is 0 Å². The van der Waals surface area contributed by atoms with Crippen molar-refractivity contribution in [3.05, 3.63) is 138 Å². The molecule has 0 unspecified atom stereocenters. The molecule has 4 aromatic carbocycles. The molecular formula is C32H29N5O5S2. The van der Waals surface area contributed by atoms with Gasteiger partial charge in [0.15, 0.2) is 0 Å². The maximum absolute atomic E-state index is 14.0. The highest BCUT2D eigenvalue weighted by Gasteiger charge is 2.29. The van der Waals surface area contributed by atoms with Crippen molar-refractivity contribution in [2.45, 2.75) is 30.2 Å². The van der Waals surface area contributed by atoms with Gasteiger partial charge in [0.2, 0.25) is 5.95 Å². The highest BCUT2D eigenvalue weighted by molar-refractivity contribution is 7.93. The molecule has 0 aliphatic heterocycles. The summed E-state index contributed by atoms with van der Waals surface area (Å²) >= 11 is 0. The standard InChI is InChI=1S/C32H29N5O5S2/c1-23-12-16-28(17-13-23)44(41,42)37(22-25-8-4-3-5-9-25)30-11-7-6-10-29(30)31(38)35-26-14-18-27(19-15-26)43(39,40)36-32-33-21-20-24(2)34-32/h3-21H,22H2,1-2H3,(H,35,38)(H,33,34,36). The Labute approximate surface area is 256 Å². The molecule has 5 aromatic rings. The lowest BCUT2D eigenvalue weighted by Crippen LogP contribution is -2.32. The third-order valence-electron chi connectivity index (χ3n) is 6.64. The van der Waals surface area contributed by atoms with Crippen LogP contribution in [0.3, 0.4) is 0 Å². The number of amides is 1. The number of carbonyl (C=O) groups is 1. The lowest BCUT2D eigenvalue weighted by molar-refractivity contribution is 0.102. The van der Waals surface area contributed by atoms with Gasteiger partial charge < -0.3 is 5.32 Å². The first kappa shape index (κ1) is 30.4. The van der Waals surface area contributed by atoms with Crippen LogP contribution in [0, 0.1) is 13.8 Å². The molecule has 0 aliphatic carbocycles. The number of anilines is 3. The first-order valence-electron chi connectivity index (χ1n) is 13.5. The summed E-state index contributed by atoms with van der Waals surface area (Å²) in [5, 5.41) is 2.75. The number of nitrogens with zero attached hydrogens (tertiary/aromatic N) is 3. The van der Waals surface area contributed by atoms with E-state index in [0.717, 1.165) is 11.1 Å². The summed E-state index contributed by atoms with van der Waals surface area (Å²) in [6.45, 7) is 3.58. The number of rotatable bonds is 10. The van der Waals surface area contributed by atoms with Crippen LogP contribution in [0.25, 0.3) is 0 Å². The van der Waals surface area contributed by atoms with E-state index in [1.165, 1.54) is 40.8 Å². The molecule has 0 atom stereocenters. The molecule has 12 heteroatoms. The molecule has 44 heavy (non-hydrogen) atoms. The molecular weight excluding hydrogens is 599 g/mol. The Morgan fingerprint density at radius 3 is 2.07 bits per heavy atom. The molecule has 1 heterocycles. The molecule has 0 radical (unpaired) electrons. The van der Waals surface area contributed by atoms with Crippen LogP contribution in [0.1, 0.15) is 27.2 Å². The summed E-state index contributed by atoms with van der Waals surface area (Å²) in [6.07, 6.45) is 1.45. The monoisotopic (exact) mass is 627 g/mol. The first-order chi connectivity index (χ1) is 21.0. The van der Waals surface area contributed by atoms with Gasteiger partial charge in [0.25, 0.3) is 26.0 Å². The van der Waals surface area contributed by atoms with Crippen molar-refractivity contribution < 1.29 is 21.6 Å². The average Bonchev–Trinajstić information content (AvgIpc) is 3.00. The van der Waals surface area contributed by atoms with Crippen LogP contribution in [0.15, 0.2) is 125 Å². The number of aryl methyl sites for hydroxylation is 2. The van der Waals surface area contributed by atoms with Gasteiger partial charge in [-0.05, 0) is 74.0 Å². The summed E-state index contributed by atoms with van der Waals surface area (Å²) in [5.74, 6) is -0.626. The third kappa shape index (κ3) is 6.93. The number of nitrogens with one attached hydrogen (secondary N) is 2. The van der Waals surface area contributed by atoms with E-state index in [-0.39, 0.29) is 33.5 Å². The lowest BCUT2D eigenvalue weighted by Gasteiger charge is -2.26. The predicted molar refractivity (Wildman–Crippen MR) is 169 cm³/mol. The van der Waals surface area contributed by atoms with Crippen LogP contribution in [-0.2, 0) is 26.6 Å². The van der Waals surface area contributed by atoms with Crippen molar-refractivity contribution in [2.75, 3.05) is 14.3 Å². The summed E-state index contributed by atoms with van der Waals surface area (Å²) in [4.78, 5) is 21.6. The van der Waals surface area contributed by atoms with Crippen LogP contribution >= 0.6 is 0 Å². The molecule has 0 saturated heterocycles. The van der Waals surface area contributed by atoms with E-state index in [1.807, 2.05) is 37.3 Å². The number of hydrogen-bond acceptors (Lipinski definition) is 7. The van der Waals surface area contributed by atoms with Crippen molar-refractivity contribution >= 4 is 43.3 Å². The van der Waals surface area contributed by atoms with Crippen molar-refractivity contribution in [3.8, 4) is 0 Å². The number of carbonyl (C=O) groups excluding carboxylic acids is 1. The molecule has 0 saturated carbocycles. The second-order valence-corrected chi connectivity index (χ2v) is 13.5. The fourth-order valence-electron chi connectivity index (χ4n) is 4.36. The average molecular weight is 628 g/mol. The normalized spacial score (nSPS) is 11.5. The van der Waals surface area contributed by atoms with Crippen LogP contribution in [0.4, 0.5) is 17.3 Å². The van der Waals surface area contributed by atoms with Gasteiger partial charge in [0, 0.05) is 17.6 Å². The summed E-state index contributed by atoms with van der Waals surface area (Å²) in [7, 11) is -8.06. The van der Waals surface area contributed by atoms with E-state index < -0.39 is 26.0 Å². The zero-order valence-electron chi connectivity index (χ0n) is 23.9. The maximum Gasteiger partial charge on any atom is 0.264 e. The van der Waals surface area contributed by atoms with Gasteiger partial charge in [-0.2, -0.15) is 0 Å². The van der Waals surface area contributed by atoms with Gasteiger partial charge in [-0.15, -0.1) is 0 Å². The Kier molecular flexibility index (Phi) is 8.74. The summed E-state index contributed by atoms with van der Waals surface area (Å²) in [5.41, 5.74) is 2.87.